The lowest BCUT2D eigenvalue weighted by Gasteiger charge is -2.10. The summed E-state index contributed by atoms with van der Waals surface area (Å²) in [7, 11) is 1.86. The first-order chi connectivity index (χ1) is 11.0. The fourth-order valence-corrected chi connectivity index (χ4v) is 2.04. The molecule has 0 aliphatic rings. The molecule has 0 aliphatic carbocycles. The third-order valence-corrected chi connectivity index (χ3v) is 3.33. The molecule has 0 aliphatic heterocycles. The number of nitrogens with one attached hydrogen (secondary N) is 1. The van der Waals surface area contributed by atoms with Gasteiger partial charge in [0.25, 0.3) is 5.89 Å². The molecule has 1 aromatic heterocycles. The van der Waals surface area contributed by atoms with Crippen LogP contribution in [0.3, 0.4) is 0 Å². The molecule has 1 N–H and O–H groups in total. The van der Waals surface area contributed by atoms with Crippen LogP contribution in [0.5, 0.6) is 5.75 Å². The van der Waals surface area contributed by atoms with Gasteiger partial charge in [0.15, 0.2) is 5.82 Å². The number of alkyl halides is 2. The van der Waals surface area contributed by atoms with Gasteiger partial charge in [0.1, 0.15) is 5.75 Å². The second kappa shape index (κ2) is 9.34. The zero-order valence-electron chi connectivity index (χ0n) is 13.6. The minimum absolute atomic E-state index is 0. The predicted octanol–water partition coefficient (Wildman–Crippen LogP) is 3.80. The number of hydrogen-bond acceptors (Lipinski definition) is 5. The number of likely N-dealkylation sites (N-methyl/N-ethyl adjacent to an activating group) is 1. The molecule has 2 aromatic rings. The second-order valence-electron chi connectivity index (χ2n) is 5.14. The zero-order valence-corrected chi connectivity index (χ0v) is 14.4. The summed E-state index contributed by atoms with van der Waals surface area (Å²) in [6.07, 6.45) is 2.28. The van der Waals surface area contributed by atoms with Gasteiger partial charge in [-0.25, -0.2) is 0 Å². The lowest BCUT2D eigenvalue weighted by atomic mass is 10.1. The van der Waals surface area contributed by atoms with Crippen molar-refractivity contribution in [2.75, 3.05) is 7.05 Å². The molecule has 1 atom stereocenters. The Morgan fingerprint density at radius 2 is 2.08 bits per heavy atom. The first kappa shape index (κ1) is 20.1. The van der Waals surface area contributed by atoms with E-state index in [1.807, 2.05) is 14.0 Å². The first-order valence-corrected chi connectivity index (χ1v) is 7.22. The third kappa shape index (κ3) is 5.58. The van der Waals surface area contributed by atoms with Crippen LogP contribution >= 0.6 is 12.4 Å². The normalized spacial score (nSPS) is 12.8. The van der Waals surface area contributed by atoms with Gasteiger partial charge in [-0.15, -0.1) is 12.4 Å². The number of benzene rings is 1. The Hall–Kier alpha value is -1.99. The number of rotatable bonds is 7. The third-order valence-electron chi connectivity index (χ3n) is 3.33. The number of aromatic nitrogens is 2. The van der Waals surface area contributed by atoms with Crippen molar-refractivity contribution in [1.82, 2.24) is 15.5 Å². The van der Waals surface area contributed by atoms with E-state index in [4.69, 9.17) is 4.52 Å². The molecule has 24 heavy (non-hydrogen) atoms. The maximum absolute atomic E-state index is 12.5. The van der Waals surface area contributed by atoms with Crippen LogP contribution < -0.4 is 10.1 Å². The number of halogens is 3. The van der Waals surface area contributed by atoms with E-state index >= 15 is 0 Å². The highest BCUT2D eigenvalue weighted by Gasteiger charge is 2.12. The van der Waals surface area contributed by atoms with E-state index < -0.39 is 6.61 Å². The van der Waals surface area contributed by atoms with Crippen LogP contribution in [-0.2, 0) is 6.42 Å². The Kier molecular flexibility index (Phi) is 7.81. The Balaban J connectivity index is 0.00000288. The highest BCUT2D eigenvalue weighted by molar-refractivity contribution is 5.85. The van der Waals surface area contributed by atoms with Gasteiger partial charge in [0.05, 0.1) is 0 Å². The van der Waals surface area contributed by atoms with Crippen LogP contribution in [-0.4, -0.2) is 29.8 Å². The quantitative estimate of drug-likeness (QED) is 0.814. The number of nitrogens with zero attached hydrogens (tertiary/aromatic N) is 2. The summed E-state index contributed by atoms with van der Waals surface area (Å²) >= 11 is 0. The van der Waals surface area contributed by atoms with Gasteiger partial charge in [0, 0.05) is 24.1 Å². The largest absolute Gasteiger partial charge is 0.434 e. The highest BCUT2D eigenvalue weighted by Crippen LogP contribution is 2.28. The van der Waals surface area contributed by atoms with E-state index in [0.29, 0.717) is 29.3 Å². The molecule has 1 unspecified atom stereocenters. The summed E-state index contributed by atoms with van der Waals surface area (Å²) < 4.78 is 34.6. The summed E-state index contributed by atoms with van der Waals surface area (Å²) in [6, 6.07) is 6.80. The lowest BCUT2D eigenvalue weighted by Crippen LogP contribution is -2.24. The van der Waals surface area contributed by atoms with E-state index in [1.54, 1.807) is 31.2 Å². The van der Waals surface area contributed by atoms with Crippen molar-refractivity contribution in [1.29, 1.82) is 0 Å². The average Bonchev–Trinajstić information content (AvgIpc) is 2.94. The van der Waals surface area contributed by atoms with Crippen molar-refractivity contribution in [2.24, 2.45) is 0 Å². The van der Waals surface area contributed by atoms with Gasteiger partial charge < -0.3 is 14.6 Å². The molecule has 0 radical (unpaired) electrons. The standard InChI is InChI=1S/C16H19F2N3O2.ClH/c1-10(12-6-4-5-7-13(12)22-16(17)18)8-15-20-14(21-23-15)9-11(2)19-3;/h4-8,11,16,19H,9H2,1-3H3;1H/b10-8-;. The van der Waals surface area contributed by atoms with Gasteiger partial charge in [-0.1, -0.05) is 23.4 Å². The molecule has 8 heteroatoms. The fraction of sp³-hybridized carbons (Fsp3) is 0.375. The molecule has 0 saturated heterocycles. The SMILES string of the molecule is CNC(C)Cc1noc(/C=C(/C)c2ccccc2OC(F)F)n1.Cl. The maximum Gasteiger partial charge on any atom is 0.387 e. The fourth-order valence-electron chi connectivity index (χ4n) is 2.04. The minimum atomic E-state index is -2.87. The molecule has 132 valence electrons. The molecule has 1 heterocycles. The molecular formula is C16H20ClF2N3O2. The van der Waals surface area contributed by atoms with Crippen molar-refractivity contribution in [3.05, 3.63) is 41.5 Å². The monoisotopic (exact) mass is 359 g/mol. The van der Waals surface area contributed by atoms with Crippen LogP contribution in [0.2, 0.25) is 0 Å². The van der Waals surface area contributed by atoms with E-state index in [1.165, 1.54) is 6.07 Å². The minimum Gasteiger partial charge on any atom is -0.434 e. The van der Waals surface area contributed by atoms with Gasteiger partial charge in [-0.2, -0.15) is 13.8 Å². The first-order valence-electron chi connectivity index (χ1n) is 7.22. The average molecular weight is 360 g/mol. The van der Waals surface area contributed by atoms with E-state index in [-0.39, 0.29) is 24.2 Å². The number of ether oxygens (including phenoxy) is 1. The van der Waals surface area contributed by atoms with Crippen molar-refractivity contribution in [3.8, 4) is 5.75 Å². The van der Waals surface area contributed by atoms with Crippen molar-refractivity contribution in [3.63, 3.8) is 0 Å². The Morgan fingerprint density at radius 3 is 2.75 bits per heavy atom. The van der Waals surface area contributed by atoms with Crippen LogP contribution in [0.15, 0.2) is 28.8 Å². The van der Waals surface area contributed by atoms with Gasteiger partial charge in [0.2, 0.25) is 0 Å². The summed E-state index contributed by atoms with van der Waals surface area (Å²) in [5, 5.41) is 6.99. The molecule has 0 saturated carbocycles. The highest BCUT2D eigenvalue weighted by atomic mass is 35.5. The molecular weight excluding hydrogens is 340 g/mol. The van der Waals surface area contributed by atoms with Gasteiger partial charge >= 0.3 is 6.61 Å². The number of hydrogen-bond donors (Lipinski definition) is 1. The molecule has 2 rings (SSSR count). The molecule has 0 bridgehead atoms. The summed E-state index contributed by atoms with van der Waals surface area (Å²) in [5.41, 5.74) is 1.24. The Morgan fingerprint density at radius 1 is 1.38 bits per heavy atom. The second-order valence-corrected chi connectivity index (χ2v) is 5.14. The van der Waals surface area contributed by atoms with Crippen molar-refractivity contribution < 1.29 is 18.0 Å². The van der Waals surface area contributed by atoms with Crippen LogP contribution in [0.1, 0.15) is 31.1 Å². The molecule has 1 aromatic carbocycles. The number of para-hydroxylation sites is 1. The van der Waals surface area contributed by atoms with Crippen molar-refractivity contribution in [2.45, 2.75) is 32.9 Å². The van der Waals surface area contributed by atoms with Gasteiger partial charge in [-0.05, 0) is 32.5 Å². The summed E-state index contributed by atoms with van der Waals surface area (Å²) in [6.45, 7) is 0.907. The molecule has 0 spiro atoms. The Labute approximate surface area is 145 Å². The topological polar surface area (TPSA) is 60.2 Å². The van der Waals surface area contributed by atoms with Crippen LogP contribution in [0, 0.1) is 0 Å². The molecule has 0 fully saturated rings. The smallest absolute Gasteiger partial charge is 0.387 e. The van der Waals surface area contributed by atoms with E-state index in [0.717, 1.165) is 0 Å². The predicted molar refractivity (Wildman–Crippen MR) is 90.4 cm³/mol. The van der Waals surface area contributed by atoms with Crippen LogP contribution in [0.4, 0.5) is 8.78 Å². The van der Waals surface area contributed by atoms with Crippen LogP contribution in [0.25, 0.3) is 11.6 Å². The Bertz CT molecular complexity index is 677. The zero-order chi connectivity index (χ0) is 16.8. The number of allylic oxidation sites excluding steroid dienone is 1. The van der Waals surface area contributed by atoms with E-state index in [2.05, 4.69) is 20.2 Å². The molecule has 5 nitrogen and oxygen atoms in total. The summed E-state index contributed by atoms with van der Waals surface area (Å²) in [4.78, 5) is 4.27. The lowest BCUT2D eigenvalue weighted by molar-refractivity contribution is -0.0500. The van der Waals surface area contributed by atoms with E-state index in [9.17, 15) is 8.78 Å². The molecule has 0 amide bonds. The summed E-state index contributed by atoms with van der Waals surface area (Å²) in [5.74, 6) is 1.02. The van der Waals surface area contributed by atoms with Gasteiger partial charge in [-0.3, -0.25) is 0 Å². The maximum atomic E-state index is 12.5. The van der Waals surface area contributed by atoms with Crippen molar-refractivity contribution >= 4 is 24.1 Å².